The highest BCUT2D eigenvalue weighted by molar-refractivity contribution is 9.11. The molecule has 5 nitrogen and oxygen atoms in total. The molecule has 0 spiro atoms. The standard InChI is InChI=1S/C12H11Br2N3O2S/c13-6-3-7(10(15)8(14)4-6)12-16-11(17-19-12)9-5-20-2-1-18-9/h3-4,9H,1-2,5,15H2. The molecule has 1 unspecified atom stereocenters. The molecule has 2 aromatic rings. The van der Waals surface area contributed by atoms with Gasteiger partial charge in [-0.25, -0.2) is 0 Å². The van der Waals surface area contributed by atoms with E-state index in [0.717, 1.165) is 20.5 Å². The van der Waals surface area contributed by atoms with E-state index < -0.39 is 0 Å². The van der Waals surface area contributed by atoms with Crippen LogP contribution in [0.15, 0.2) is 25.6 Å². The molecule has 1 fully saturated rings. The van der Waals surface area contributed by atoms with Gasteiger partial charge in [0.2, 0.25) is 5.82 Å². The Balaban J connectivity index is 1.93. The van der Waals surface area contributed by atoms with Crippen molar-refractivity contribution in [1.29, 1.82) is 0 Å². The average Bonchev–Trinajstić information content (AvgIpc) is 2.93. The van der Waals surface area contributed by atoms with Gasteiger partial charge in [-0.05, 0) is 28.1 Å². The fourth-order valence-corrected chi connectivity index (χ4v) is 3.94. The predicted octanol–water partition coefficient (Wildman–Crippen LogP) is 3.65. The van der Waals surface area contributed by atoms with Gasteiger partial charge in [0.1, 0.15) is 6.10 Å². The quantitative estimate of drug-likeness (QED) is 0.747. The Labute approximate surface area is 136 Å². The molecule has 1 aromatic heterocycles. The summed E-state index contributed by atoms with van der Waals surface area (Å²) in [6, 6.07) is 3.73. The lowest BCUT2D eigenvalue weighted by Gasteiger charge is -2.18. The van der Waals surface area contributed by atoms with Crippen molar-refractivity contribution < 1.29 is 9.26 Å². The van der Waals surface area contributed by atoms with E-state index in [0.29, 0.717) is 29.6 Å². The molecule has 20 heavy (non-hydrogen) atoms. The average molecular weight is 421 g/mol. The van der Waals surface area contributed by atoms with Gasteiger partial charge in [-0.2, -0.15) is 16.7 Å². The molecular weight excluding hydrogens is 410 g/mol. The topological polar surface area (TPSA) is 74.2 Å². The van der Waals surface area contributed by atoms with Crippen molar-refractivity contribution in [3.8, 4) is 11.5 Å². The SMILES string of the molecule is Nc1c(Br)cc(Br)cc1-c1nc(C2CSCCO2)no1. The normalized spacial score (nSPS) is 19.2. The Kier molecular flexibility index (Phi) is 4.34. The van der Waals surface area contributed by atoms with E-state index in [9.17, 15) is 0 Å². The van der Waals surface area contributed by atoms with Crippen LogP contribution in [-0.4, -0.2) is 28.3 Å². The Morgan fingerprint density at radius 3 is 2.95 bits per heavy atom. The number of aromatic nitrogens is 2. The maximum absolute atomic E-state index is 6.04. The molecule has 1 saturated heterocycles. The summed E-state index contributed by atoms with van der Waals surface area (Å²) in [5.41, 5.74) is 7.31. The second kappa shape index (κ2) is 6.05. The van der Waals surface area contributed by atoms with Crippen molar-refractivity contribution in [2.75, 3.05) is 23.8 Å². The Bertz CT molecular complexity index is 629. The number of halogens is 2. The highest BCUT2D eigenvalue weighted by Crippen LogP contribution is 2.35. The lowest BCUT2D eigenvalue weighted by atomic mass is 10.2. The van der Waals surface area contributed by atoms with Gasteiger partial charge in [0.25, 0.3) is 5.89 Å². The van der Waals surface area contributed by atoms with Gasteiger partial charge < -0.3 is 15.0 Å². The van der Waals surface area contributed by atoms with Crippen molar-refractivity contribution in [3.63, 3.8) is 0 Å². The minimum atomic E-state index is -0.108. The van der Waals surface area contributed by atoms with Crippen molar-refractivity contribution in [1.82, 2.24) is 10.1 Å². The zero-order valence-electron chi connectivity index (χ0n) is 10.3. The number of thioether (sulfide) groups is 1. The number of ether oxygens (including phenoxy) is 1. The Hall–Kier alpha value is -0.570. The minimum absolute atomic E-state index is 0.108. The van der Waals surface area contributed by atoms with Crippen molar-refractivity contribution in [3.05, 3.63) is 26.9 Å². The van der Waals surface area contributed by atoms with Crippen LogP contribution in [0.1, 0.15) is 11.9 Å². The van der Waals surface area contributed by atoms with E-state index >= 15 is 0 Å². The van der Waals surface area contributed by atoms with Crippen LogP contribution >= 0.6 is 43.6 Å². The lowest BCUT2D eigenvalue weighted by molar-refractivity contribution is 0.0677. The first-order valence-corrected chi connectivity index (χ1v) is 8.67. The predicted molar refractivity (Wildman–Crippen MR) is 85.6 cm³/mol. The maximum atomic E-state index is 6.04. The molecule has 0 saturated carbocycles. The number of nitrogens with two attached hydrogens (primary N) is 1. The number of rotatable bonds is 2. The summed E-state index contributed by atoms with van der Waals surface area (Å²) in [5, 5.41) is 4.01. The first-order valence-electron chi connectivity index (χ1n) is 5.93. The van der Waals surface area contributed by atoms with Crippen LogP contribution in [0.5, 0.6) is 0 Å². The summed E-state index contributed by atoms with van der Waals surface area (Å²) in [7, 11) is 0. The van der Waals surface area contributed by atoms with E-state index in [1.807, 2.05) is 23.9 Å². The smallest absolute Gasteiger partial charge is 0.260 e. The van der Waals surface area contributed by atoms with E-state index in [4.69, 9.17) is 15.0 Å². The third kappa shape index (κ3) is 2.88. The van der Waals surface area contributed by atoms with Crippen LogP contribution in [0, 0.1) is 0 Å². The molecule has 106 valence electrons. The summed E-state index contributed by atoms with van der Waals surface area (Å²) < 4.78 is 12.6. The van der Waals surface area contributed by atoms with E-state index in [1.54, 1.807) is 0 Å². The molecule has 2 N–H and O–H groups in total. The molecule has 0 radical (unpaired) electrons. The van der Waals surface area contributed by atoms with E-state index in [-0.39, 0.29) is 6.10 Å². The Morgan fingerprint density at radius 1 is 1.35 bits per heavy atom. The molecule has 0 bridgehead atoms. The third-order valence-electron chi connectivity index (χ3n) is 2.87. The summed E-state index contributed by atoms with van der Waals surface area (Å²) >= 11 is 8.65. The van der Waals surface area contributed by atoms with Crippen molar-refractivity contribution >= 4 is 49.3 Å². The minimum Gasteiger partial charge on any atom is -0.397 e. The van der Waals surface area contributed by atoms with Crippen LogP contribution in [0.2, 0.25) is 0 Å². The number of benzene rings is 1. The monoisotopic (exact) mass is 419 g/mol. The third-order valence-corrected chi connectivity index (χ3v) is 4.98. The molecule has 8 heteroatoms. The molecule has 1 aromatic carbocycles. The highest BCUT2D eigenvalue weighted by Gasteiger charge is 2.23. The highest BCUT2D eigenvalue weighted by atomic mass is 79.9. The first kappa shape index (κ1) is 14.4. The van der Waals surface area contributed by atoms with Gasteiger partial charge in [0.15, 0.2) is 0 Å². The van der Waals surface area contributed by atoms with Gasteiger partial charge in [0, 0.05) is 20.5 Å². The van der Waals surface area contributed by atoms with E-state index in [1.165, 1.54) is 0 Å². The van der Waals surface area contributed by atoms with E-state index in [2.05, 4.69) is 42.0 Å². The molecule has 2 heterocycles. The fraction of sp³-hybridized carbons (Fsp3) is 0.333. The van der Waals surface area contributed by atoms with Gasteiger partial charge in [-0.1, -0.05) is 21.1 Å². The number of anilines is 1. The maximum Gasteiger partial charge on any atom is 0.260 e. The molecule has 0 amide bonds. The Morgan fingerprint density at radius 2 is 2.20 bits per heavy atom. The summed E-state index contributed by atoms with van der Waals surface area (Å²) in [6.45, 7) is 0.712. The number of hydrogen-bond donors (Lipinski definition) is 1. The second-order valence-electron chi connectivity index (χ2n) is 4.24. The molecular formula is C12H11Br2N3O2S. The van der Waals surface area contributed by atoms with Gasteiger partial charge in [-0.3, -0.25) is 0 Å². The van der Waals surface area contributed by atoms with Crippen molar-refractivity contribution in [2.45, 2.75) is 6.10 Å². The summed E-state index contributed by atoms with van der Waals surface area (Å²) in [4.78, 5) is 4.41. The number of hydrogen-bond acceptors (Lipinski definition) is 6. The van der Waals surface area contributed by atoms with Crippen LogP contribution in [0.25, 0.3) is 11.5 Å². The largest absolute Gasteiger partial charge is 0.397 e. The van der Waals surface area contributed by atoms with Crippen LogP contribution in [0.3, 0.4) is 0 Å². The number of nitrogen functional groups attached to an aromatic ring is 1. The zero-order chi connectivity index (χ0) is 14.1. The van der Waals surface area contributed by atoms with Crippen LogP contribution < -0.4 is 5.73 Å². The fourth-order valence-electron chi connectivity index (χ4n) is 1.87. The molecule has 1 aliphatic rings. The molecule has 1 atom stereocenters. The van der Waals surface area contributed by atoms with Crippen molar-refractivity contribution in [2.24, 2.45) is 0 Å². The lowest BCUT2D eigenvalue weighted by Crippen LogP contribution is -2.16. The first-order chi connectivity index (χ1) is 9.65. The van der Waals surface area contributed by atoms with Gasteiger partial charge in [0.05, 0.1) is 17.9 Å². The summed E-state index contributed by atoms with van der Waals surface area (Å²) in [6.07, 6.45) is -0.108. The molecule has 0 aliphatic carbocycles. The molecule has 3 rings (SSSR count). The second-order valence-corrected chi connectivity index (χ2v) is 7.16. The van der Waals surface area contributed by atoms with Crippen LogP contribution in [0.4, 0.5) is 5.69 Å². The van der Waals surface area contributed by atoms with Gasteiger partial charge in [-0.15, -0.1) is 0 Å². The zero-order valence-corrected chi connectivity index (χ0v) is 14.3. The van der Waals surface area contributed by atoms with Crippen LogP contribution in [-0.2, 0) is 4.74 Å². The molecule has 1 aliphatic heterocycles. The van der Waals surface area contributed by atoms with Gasteiger partial charge >= 0.3 is 0 Å². The summed E-state index contributed by atoms with van der Waals surface area (Å²) in [5.74, 6) is 2.82. The number of nitrogens with zero attached hydrogens (tertiary/aromatic N) is 2.